The van der Waals surface area contributed by atoms with E-state index in [9.17, 15) is 9.50 Å². The Kier molecular flexibility index (Phi) is 4.07. The van der Waals surface area contributed by atoms with Gasteiger partial charge in [-0.05, 0) is 37.1 Å². The summed E-state index contributed by atoms with van der Waals surface area (Å²) in [5.74, 6) is 0.764. The number of rotatable bonds is 3. The van der Waals surface area contributed by atoms with Gasteiger partial charge in [-0.3, -0.25) is 0 Å². The van der Waals surface area contributed by atoms with Gasteiger partial charge in [0.25, 0.3) is 0 Å². The first-order valence-corrected chi connectivity index (χ1v) is 8.78. The number of fused-ring (bicyclic) bond motifs is 1. The Labute approximate surface area is 151 Å². The molecule has 132 valence electrons. The van der Waals surface area contributed by atoms with Crippen molar-refractivity contribution >= 4 is 11.5 Å². The monoisotopic (exact) mass is 349 g/mol. The van der Waals surface area contributed by atoms with E-state index in [1.54, 1.807) is 18.2 Å². The lowest BCUT2D eigenvalue weighted by Crippen LogP contribution is -2.19. The van der Waals surface area contributed by atoms with Crippen LogP contribution in [0, 0.1) is 5.82 Å². The van der Waals surface area contributed by atoms with E-state index in [0.717, 1.165) is 40.3 Å². The molecule has 0 fully saturated rings. The van der Waals surface area contributed by atoms with Gasteiger partial charge in [0.15, 0.2) is 5.82 Å². The third kappa shape index (κ3) is 2.69. The van der Waals surface area contributed by atoms with Crippen molar-refractivity contribution in [1.82, 2.24) is 9.78 Å². The number of benzene rings is 2. The summed E-state index contributed by atoms with van der Waals surface area (Å²) in [5, 5.41) is 15.1. The van der Waals surface area contributed by atoms with E-state index in [1.807, 2.05) is 36.7 Å². The van der Waals surface area contributed by atoms with E-state index in [1.165, 1.54) is 12.1 Å². The highest BCUT2D eigenvalue weighted by Crippen LogP contribution is 2.42. The van der Waals surface area contributed by atoms with Gasteiger partial charge in [0.1, 0.15) is 11.6 Å². The first kappa shape index (κ1) is 16.5. The van der Waals surface area contributed by atoms with Crippen LogP contribution >= 0.6 is 0 Å². The summed E-state index contributed by atoms with van der Waals surface area (Å²) in [6.45, 7) is 4.04. The molecule has 0 amide bonds. The number of halogens is 1. The maximum atomic E-state index is 13.4. The topological polar surface area (TPSA) is 50.4 Å². The molecular weight excluding hydrogens is 329 g/mol. The lowest BCUT2D eigenvalue weighted by Gasteiger charge is -2.24. The minimum Gasteiger partial charge on any atom is -0.508 e. The van der Waals surface area contributed by atoms with Gasteiger partial charge in [-0.15, -0.1) is 0 Å². The zero-order valence-electron chi connectivity index (χ0n) is 14.8. The molecule has 0 bridgehead atoms. The molecule has 4 nitrogen and oxygen atoms in total. The zero-order valence-corrected chi connectivity index (χ0v) is 14.8. The molecular formula is C21H20FN3O. The van der Waals surface area contributed by atoms with Gasteiger partial charge in [0.05, 0.1) is 11.7 Å². The van der Waals surface area contributed by atoms with Gasteiger partial charge < -0.3 is 5.11 Å². The summed E-state index contributed by atoms with van der Waals surface area (Å²) < 4.78 is 15.3. The Hall–Kier alpha value is -2.95. The Bertz CT molecular complexity index is 989. The number of para-hydroxylation sites is 1. The van der Waals surface area contributed by atoms with Crippen molar-refractivity contribution in [2.75, 3.05) is 0 Å². The standard InChI is InChI=1S/C21H20FN3O/c1-3-17-20(14-8-10-15(22)11-9-14)21-23-13(2)12-18(25(21)24-17)16-6-4-5-7-19(16)26/h4-11,18,26H,3,12H2,1-2H3/t18-/m0/s1. The van der Waals surface area contributed by atoms with Crippen molar-refractivity contribution in [3.05, 3.63) is 65.6 Å². The second-order valence-corrected chi connectivity index (χ2v) is 6.58. The van der Waals surface area contributed by atoms with Crippen LogP contribution in [0.5, 0.6) is 5.75 Å². The van der Waals surface area contributed by atoms with Gasteiger partial charge >= 0.3 is 0 Å². The van der Waals surface area contributed by atoms with Crippen molar-refractivity contribution in [3.63, 3.8) is 0 Å². The van der Waals surface area contributed by atoms with E-state index < -0.39 is 0 Å². The Morgan fingerprint density at radius 2 is 1.88 bits per heavy atom. The number of hydrogen-bond acceptors (Lipinski definition) is 3. The van der Waals surface area contributed by atoms with Crippen LogP contribution in [0.25, 0.3) is 11.1 Å². The van der Waals surface area contributed by atoms with E-state index in [-0.39, 0.29) is 17.6 Å². The summed E-state index contributed by atoms with van der Waals surface area (Å²) >= 11 is 0. The van der Waals surface area contributed by atoms with Crippen molar-refractivity contribution in [3.8, 4) is 16.9 Å². The summed E-state index contributed by atoms with van der Waals surface area (Å²) in [5.41, 5.74) is 4.58. The number of aromatic hydroxyl groups is 1. The summed E-state index contributed by atoms with van der Waals surface area (Å²) in [4.78, 5) is 4.76. The fourth-order valence-corrected chi connectivity index (χ4v) is 3.56. The average molecular weight is 349 g/mol. The predicted octanol–water partition coefficient (Wildman–Crippen LogP) is 5.04. The fourth-order valence-electron chi connectivity index (χ4n) is 3.56. The highest BCUT2D eigenvalue weighted by molar-refractivity contribution is 5.90. The number of nitrogens with zero attached hydrogens (tertiary/aromatic N) is 3. The molecule has 1 aromatic heterocycles. The third-order valence-corrected chi connectivity index (χ3v) is 4.80. The van der Waals surface area contributed by atoms with E-state index in [4.69, 9.17) is 10.1 Å². The minimum absolute atomic E-state index is 0.108. The molecule has 0 radical (unpaired) electrons. The number of aryl methyl sites for hydroxylation is 1. The molecule has 4 rings (SSSR count). The molecule has 1 aliphatic heterocycles. The summed E-state index contributed by atoms with van der Waals surface area (Å²) in [6, 6.07) is 13.7. The van der Waals surface area contributed by atoms with Crippen LogP contribution < -0.4 is 0 Å². The number of aromatic nitrogens is 2. The predicted molar refractivity (Wildman–Crippen MR) is 101 cm³/mol. The van der Waals surface area contributed by atoms with E-state index in [0.29, 0.717) is 6.42 Å². The van der Waals surface area contributed by atoms with Gasteiger partial charge in [0.2, 0.25) is 0 Å². The van der Waals surface area contributed by atoms with E-state index in [2.05, 4.69) is 0 Å². The first-order chi connectivity index (χ1) is 12.6. The highest BCUT2D eigenvalue weighted by Gasteiger charge is 2.29. The van der Waals surface area contributed by atoms with Crippen molar-refractivity contribution in [1.29, 1.82) is 0 Å². The quantitative estimate of drug-likeness (QED) is 0.720. The Balaban J connectivity index is 1.93. The largest absolute Gasteiger partial charge is 0.508 e. The summed E-state index contributed by atoms with van der Waals surface area (Å²) in [7, 11) is 0. The number of hydrogen-bond donors (Lipinski definition) is 1. The summed E-state index contributed by atoms with van der Waals surface area (Å²) in [6.07, 6.45) is 1.44. The lowest BCUT2D eigenvalue weighted by atomic mass is 9.98. The number of phenols is 1. The van der Waals surface area contributed by atoms with Crippen LogP contribution in [0.3, 0.4) is 0 Å². The molecule has 1 aliphatic rings. The van der Waals surface area contributed by atoms with Gasteiger partial charge in [-0.25, -0.2) is 14.1 Å². The molecule has 0 saturated heterocycles. The SMILES string of the molecule is CCc1nn2c(c1-c1ccc(F)cc1)N=C(C)C[C@H]2c1ccccc1O. The average Bonchev–Trinajstić information content (AvgIpc) is 3.00. The molecule has 26 heavy (non-hydrogen) atoms. The van der Waals surface area contributed by atoms with Crippen LogP contribution in [0.15, 0.2) is 53.5 Å². The van der Waals surface area contributed by atoms with Crippen LogP contribution in [0.4, 0.5) is 10.2 Å². The van der Waals surface area contributed by atoms with E-state index >= 15 is 0 Å². The molecule has 1 N–H and O–H groups in total. The Morgan fingerprint density at radius 1 is 1.15 bits per heavy atom. The highest BCUT2D eigenvalue weighted by atomic mass is 19.1. The van der Waals surface area contributed by atoms with Crippen molar-refractivity contribution < 1.29 is 9.50 Å². The molecule has 0 aliphatic carbocycles. The molecule has 0 unspecified atom stereocenters. The lowest BCUT2D eigenvalue weighted by molar-refractivity contribution is 0.443. The van der Waals surface area contributed by atoms with Crippen molar-refractivity contribution in [2.24, 2.45) is 4.99 Å². The maximum absolute atomic E-state index is 13.4. The number of aliphatic imine (C=N–C) groups is 1. The second-order valence-electron chi connectivity index (χ2n) is 6.58. The van der Waals surface area contributed by atoms with Gasteiger partial charge in [0, 0.05) is 23.3 Å². The third-order valence-electron chi connectivity index (χ3n) is 4.80. The molecule has 5 heteroatoms. The van der Waals surface area contributed by atoms with Gasteiger partial charge in [-0.2, -0.15) is 5.10 Å². The molecule has 0 saturated carbocycles. The number of phenolic OH excluding ortho intramolecular Hbond substituents is 1. The maximum Gasteiger partial charge on any atom is 0.159 e. The minimum atomic E-state index is -0.264. The Morgan fingerprint density at radius 3 is 2.58 bits per heavy atom. The molecule has 2 aromatic carbocycles. The molecule has 3 aromatic rings. The zero-order chi connectivity index (χ0) is 18.3. The van der Waals surface area contributed by atoms with Crippen LogP contribution in [-0.2, 0) is 6.42 Å². The smallest absolute Gasteiger partial charge is 0.159 e. The molecule has 1 atom stereocenters. The second kappa shape index (κ2) is 6.41. The van der Waals surface area contributed by atoms with Crippen molar-refractivity contribution in [2.45, 2.75) is 32.7 Å². The normalized spacial score (nSPS) is 16.3. The van der Waals surface area contributed by atoms with Crippen LogP contribution in [0.2, 0.25) is 0 Å². The molecule has 2 heterocycles. The van der Waals surface area contributed by atoms with Crippen LogP contribution in [-0.4, -0.2) is 20.6 Å². The first-order valence-electron chi connectivity index (χ1n) is 8.78. The van der Waals surface area contributed by atoms with Gasteiger partial charge in [-0.1, -0.05) is 37.3 Å². The molecule has 0 spiro atoms. The van der Waals surface area contributed by atoms with Crippen LogP contribution in [0.1, 0.15) is 37.6 Å². The fraction of sp³-hybridized carbons (Fsp3) is 0.238.